The molecule has 0 aliphatic heterocycles. The predicted octanol–water partition coefficient (Wildman–Crippen LogP) is 8.65. The molecule has 0 fully saturated rings. The van der Waals surface area contributed by atoms with E-state index in [0.717, 1.165) is 56.1 Å². The fraction of sp³-hybridized carbons (Fsp3) is 0.276. The summed E-state index contributed by atoms with van der Waals surface area (Å²) in [6.07, 6.45) is 0.805. The standard InChI is InChI=1S/C29H28FNO/c1-17(2)18-14-24-23-8-6-7-9-26(23)32-28(24)25(15-18)27-22-11-10-20(30)12-19(22)13-21(31-27)16-29(3,4)5/h6-15,17H,16H2,1-5H3. The third-order valence-corrected chi connectivity index (χ3v) is 5.98. The molecule has 3 aromatic carbocycles. The summed E-state index contributed by atoms with van der Waals surface area (Å²) in [5.74, 6) is 0.120. The van der Waals surface area contributed by atoms with Crippen LogP contribution in [0.15, 0.2) is 65.1 Å². The van der Waals surface area contributed by atoms with Gasteiger partial charge in [-0.1, -0.05) is 52.8 Å². The number of rotatable bonds is 3. The van der Waals surface area contributed by atoms with Gasteiger partial charge in [-0.3, -0.25) is 4.98 Å². The van der Waals surface area contributed by atoms with E-state index in [9.17, 15) is 4.39 Å². The van der Waals surface area contributed by atoms with Crippen LogP contribution in [0.4, 0.5) is 4.39 Å². The summed E-state index contributed by atoms with van der Waals surface area (Å²) < 4.78 is 20.5. The summed E-state index contributed by atoms with van der Waals surface area (Å²) >= 11 is 0. The van der Waals surface area contributed by atoms with E-state index in [2.05, 4.69) is 52.8 Å². The van der Waals surface area contributed by atoms with Gasteiger partial charge in [0.05, 0.1) is 5.69 Å². The first-order valence-electron chi connectivity index (χ1n) is 11.2. The second kappa shape index (κ2) is 7.44. The van der Waals surface area contributed by atoms with Crippen molar-refractivity contribution in [1.29, 1.82) is 0 Å². The number of hydrogen-bond donors (Lipinski definition) is 0. The van der Waals surface area contributed by atoms with Crippen LogP contribution in [0.2, 0.25) is 0 Å². The maximum Gasteiger partial charge on any atom is 0.144 e. The molecule has 0 atom stereocenters. The molecule has 0 bridgehead atoms. The van der Waals surface area contributed by atoms with E-state index in [4.69, 9.17) is 9.40 Å². The number of halogens is 1. The summed E-state index contributed by atoms with van der Waals surface area (Å²) in [5, 5.41) is 4.01. The Labute approximate surface area is 188 Å². The number of benzene rings is 3. The minimum atomic E-state index is -0.235. The molecule has 0 saturated heterocycles. The van der Waals surface area contributed by atoms with E-state index >= 15 is 0 Å². The van der Waals surface area contributed by atoms with Gasteiger partial charge in [-0.25, -0.2) is 4.39 Å². The number of fused-ring (bicyclic) bond motifs is 4. The number of furan rings is 1. The topological polar surface area (TPSA) is 26.0 Å². The van der Waals surface area contributed by atoms with Crippen molar-refractivity contribution < 1.29 is 8.81 Å². The lowest BCUT2D eigenvalue weighted by atomic mass is 9.89. The van der Waals surface area contributed by atoms with Gasteiger partial charge in [0.15, 0.2) is 0 Å². The summed E-state index contributed by atoms with van der Waals surface area (Å²) in [6, 6.07) is 19.6. The lowest BCUT2D eigenvalue weighted by molar-refractivity contribution is 0.407. The molecule has 32 heavy (non-hydrogen) atoms. The minimum absolute atomic E-state index is 0.0692. The third kappa shape index (κ3) is 3.66. The van der Waals surface area contributed by atoms with Crippen molar-refractivity contribution >= 4 is 32.7 Å². The molecule has 2 aromatic heterocycles. The summed E-state index contributed by atoms with van der Waals surface area (Å²) in [5.41, 5.74) is 5.79. The third-order valence-electron chi connectivity index (χ3n) is 5.98. The zero-order valence-corrected chi connectivity index (χ0v) is 19.3. The van der Waals surface area contributed by atoms with Crippen molar-refractivity contribution in [2.24, 2.45) is 5.41 Å². The van der Waals surface area contributed by atoms with E-state index < -0.39 is 0 Å². The summed E-state index contributed by atoms with van der Waals surface area (Å²) in [6.45, 7) is 11.0. The van der Waals surface area contributed by atoms with E-state index in [0.29, 0.717) is 5.92 Å². The molecule has 5 aromatic rings. The van der Waals surface area contributed by atoms with Crippen molar-refractivity contribution in [2.45, 2.75) is 47.0 Å². The maximum atomic E-state index is 14.2. The molecule has 0 N–H and O–H groups in total. The fourth-order valence-corrected chi connectivity index (χ4v) is 4.48. The van der Waals surface area contributed by atoms with Gasteiger partial charge in [0, 0.05) is 27.4 Å². The zero-order chi connectivity index (χ0) is 22.6. The minimum Gasteiger partial charge on any atom is -0.455 e. The second-order valence-corrected chi connectivity index (χ2v) is 10.3. The van der Waals surface area contributed by atoms with E-state index in [1.807, 2.05) is 30.3 Å². The SMILES string of the molecule is CC(C)c1cc(-c2nc(CC(C)(C)C)cc3cc(F)ccc23)c2oc3ccccc3c2c1. The predicted molar refractivity (Wildman–Crippen MR) is 132 cm³/mol. The first kappa shape index (κ1) is 20.7. The van der Waals surface area contributed by atoms with Gasteiger partial charge in [-0.05, 0) is 71.2 Å². The molecule has 0 aliphatic rings. The van der Waals surface area contributed by atoms with Crippen LogP contribution >= 0.6 is 0 Å². The molecule has 0 amide bonds. The molecule has 0 spiro atoms. The van der Waals surface area contributed by atoms with Crippen molar-refractivity contribution in [1.82, 2.24) is 4.98 Å². The Kier molecular flexibility index (Phi) is 4.81. The van der Waals surface area contributed by atoms with Crippen LogP contribution in [-0.2, 0) is 6.42 Å². The normalized spacial score (nSPS) is 12.5. The van der Waals surface area contributed by atoms with Gasteiger partial charge in [0.2, 0.25) is 0 Å². The Balaban J connectivity index is 1.89. The van der Waals surface area contributed by atoms with Crippen molar-refractivity contribution in [3.05, 3.63) is 77.7 Å². The molecule has 0 radical (unpaired) electrons. The van der Waals surface area contributed by atoms with Gasteiger partial charge >= 0.3 is 0 Å². The van der Waals surface area contributed by atoms with Gasteiger partial charge in [-0.2, -0.15) is 0 Å². The lowest BCUT2D eigenvalue weighted by Crippen LogP contribution is -2.11. The number of hydrogen-bond acceptors (Lipinski definition) is 2. The average Bonchev–Trinajstić information content (AvgIpc) is 3.09. The molecule has 0 saturated carbocycles. The summed E-state index contributed by atoms with van der Waals surface area (Å²) in [4.78, 5) is 5.12. The van der Waals surface area contributed by atoms with Crippen LogP contribution in [0.5, 0.6) is 0 Å². The highest BCUT2D eigenvalue weighted by atomic mass is 19.1. The molecule has 0 aliphatic carbocycles. The van der Waals surface area contributed by atoms with Crippen molar-refractivity contribution in [3.8, 4) is 11.3 Å². The Morgan fingerprint density at radius 2 is 1.69 bits per heavy atom. The number of para-hydroxylation sites is 1. The molecule has 2 nitrogen and oxygen atoms in total. The Morgan fingerprint density at radius 3 is 2.44 bits per heavy atom. The molecular formula is C29H28FNO. The largest absolute Gasteiger partial charge is 0.455 e. The van der Waals surface area contributed by atoms with Crippen LogP contribution < -0.4 is 0 Å². The van der Waals surface area contributed by atoms with Gasteiger partial charge in [0.1, 0.15) is 17.0 Å². The summed E-state index contributed by atoms with van der Waals surface area (Å²) in [7, 11) is 0. The quantitative estimate of drug-likeness (QED) is 0.289. The number of nitrogens with zero attached hydrogens (tertiary/aromatic N) is 1. The van der Waals surface area contributed by atoms with Crippen molar-refractivity contribution in [2.75, 3.05) is 0 Å². The van der Waals surface area contributed by atoms with E-state index in [1.165, 1.54) is 11.6 Å². The zero-order valence-electron chi connectivity index (χ0n) is 19.3. The highest BCUT2D eigenvalue weighted by Gasteiger charge is 2.20. The van der Waals surface area contributed by atoms with Gasteiger partial charge < -0.3 is 4.42 Å². The number of aromatic nitrogens is 1. The maximum absolute atomic E-state index is 14.2. The highest BCUT2D eigenvalue weighted by molar-refractivity contribution is 6.12. The van der Waals surface area contributed by atoms with Crippen LogP contribution in [0.3, 0.4) is 0 Å². The molecule has 2 heterocycles. The molecule has 3 heteroatoms. The van der Waals surface area contributed by atoms with Crippen LogP contribution in [-0.4, -0.2) is 4.98 Å². The average molecular weight is 426 g/mol. The molecule has 162 valence electrons. The fourth-order valence-electron chi connectivity index (χ4n) is 4.48. The second-order valence-electron chi connectivity index (χ2n) is 10.3. The molecular weight excluding hydrogens is 397 g/mol. The van der Waals surface area contributed by atoms with Crippen LogP contribution in [0, 0.1) is 11.2 Å². The monoisotopic (exact) mass is 425 g/mol. The Hall–Kier alpha value is -3.20. The smallest absolute Gasteiger partial charge is 0.144 e. The van der Waals surface area contributed by atoms with Gasteiger partial charge in [0.25, 0.3) is 0 Å². The Bertz CT molecular complexity index is 1470. The first-order chi connectivity index (χ1) is 15.2. The van der Waals surface area contributed by atoms with Crippen LogP contribution in [0.1, 0.15) is 51.8 Å². The number of pyridine rings is 1. The van der Waals surface area contributed by atoms with Gasteiger partial charge in [-0.15, -0.1) is 0 Å². The van der Waals surface area contributed by atoms with Crippen molar-refractivity contribution in [3.63, 3.8) is 0 Å². The first-order valence-corrected chi connectivity index (χ1v) is 11.2. The molecule has 5 rings (SSSR count). The molecule has 0 unspecified atom stereocenters. The van der Waals surface area contributed by atoms with Crippen LogP contribution in [0.25, 0.3) is 44.0 Å². The van der Waals surface area contributed by atoms with E-state index in [1.54, 1.807) is 6.07 Å². The highest BCUT2D eigenvalue weighted by Crippen LogP contribution is 2.40. The lowest BCUT2D eigenvalue weighted by Gasteiger charge is -2.19. The Morgan fingerprint density at radius 1 is 0.906 bits per heavy atom. The van der Waals surface area contributed by atoms with E-state index in [-0.39, 0.29) is 11.2 Å².